The fraction of sp³-hybridized carbons (Fsp3) is 0.417. The smallest absolute Gasteiger partial charge is 0.0870 e. The second kappa shape index (κ2) is 6.84. The summed E-state index contributed by atoms with van der Waals surface area (Å²) in [5.74, 6) is 0. The topological polar surface area (TPSA) is 29.3 Å². The third-order valence-electron chi connectivity index (χ3n) is 2.24. The van der Waals surface area contributed by atoms with Crippen LogP contribution in [0.4, 0.5) is 0 Å². The van der Waals surface area contributed by atoms with Gasteiger partial charge in [0.1, 0.15) is 0 Å². The number of rotatable bonds is 6. The van der Waals surface area contributed by atoms with Crippen LogP contribution in [0, 0.1) is 0 Å². The monoisotopic (exact) mass is 256 g/mol. The lowest BCUT2D eigenvalue weighted by Crippen LogP contribution is -2.32. The maximum Gasteiger partial charge on any atom is 0.0870 e. The van der Waals surface area contributed by atoms with Gasteiger partial charge in [0.15, 0.2) is 0 Å². The molecule has 0 fully saturated rings. The lowest BCUT2D eigenvalue weighted by Gasteiger charge is -2.20. The molecule has 0 unspecified atom stereocenters. The van der Waals surface area contributed by atoms with Crippen molar-refractivity contribution in [3.05, 3.63) is 34.9 Å². The van der Waals surface area contributed by atoms with Crippen LogP contribution >= 0.6 is 23.8 Å². The normalized spacial score (nSPS) is 10.7. The molecule has 0 saturated heterocycles. The Bertz CT molecular complexity index is 337. The largest absolute Gasteiger partial charge is 0.392 e. The molecule has 2 N–H and O–H groups in total. The van der Waals surface area contributed by atoms with Gasteiger partial charge in [-0.05, 0) is 30.7 Å². The molecule has 0 aromatic heterocycles. The predicted octanol–water partition coefficient (Wildman–Crippen LogP) is 2.84. The Morgan fingerprint density at radius 3 is 2.50 bits per heavy atom. The van der Waals surface area contributed by atoms with Gasteiger partial charge in [-0.2, -0.15) is 0 Å². The van der Waals surface area contributed by atoms with Gasteiger partial charge >= 0.3 is 0 Å². The average Bonchev–Trinajstić information content (AvgIpc) is 2.21. The summed E-state index contributed by atoms with van der Waals surface area (Å²) in [7, 11) is 0. The van der Waals surface area contributed by atoms with Crippen LogP contribution < -0.4 is 5.73 Å². The molecule has 0 saturated carbocycles. The highest BCUT2D eigenvalue weighted by atomic mass is 35.5. The number of nitrogens with two attached hydrogens (primary N) is 1. The molecule has 0 aliphatic carbocycles. The van der Waals surface area contributed by atoms with Gasteiger partial charge in [-0.3, -0.25) is 4.90 Å². The molecule has 2 nitrogen and oxygen atoms in total. The maximum absolute atomic E-state index is 5.84. The standard InChI is InChI=1S/C12H17ClN2S/c1-2-7-15(9-12(14)16)8-10-3-5-11(13)6-4-10/h3-6H,2,7-9H2,1H3,(H2,14,16). The van der Waals surface area contributed by atoms with E-state index < -0.39 is 0 Å². The van der Waals surface area contributed by atoms with Crippen molar-refractivity contribution in [1.82, 2.24) is 4.90 Å². The summed E-state index contributed by atoms with van der Waals surface area (Å²) in [6, 6.07) is 7.87. The molecule has 0 atom stereocenters. The molecule has 4 heteroatoms. The molecule has 1 aromatic carbocycles. The SMILES string of the molecule is CCCN(CC(N)=S)Cc1ccc(Cl)cc1. The highest BCUT2D eigenvalue weighted by Crippen LogP contribution is 2.11. The van der Waals surface area contributed by atoms with Crippen LogP contribution in [0.1, 0.15) is 18.9 Å². The van der Waals surface area contributed by atoms with E-state index in [1.165, 1.54) is 5.56 Å². The molecular formula is C12H17ClN2S. The minimum Gasteiger partial charge on any atom is -0.392 e. The number of hydrogen-bond donors (Lipinski definition) is 1. The fourth-order valence-corrected chi connectivity index (χ4v) is 1.91. The van der Waals surface area contributed by atoms with E-state index in [1.807, 2.05) is 24.3 Å². The number of hydrogen-bond acceptors (Lipinski definition) is 2. The second-order valence-corrected chi connectivity index (χ2v) is 4.76. The number of nitrogens with zero attached hydrogens (tertiary/aromatic N) is 1. The quantitative estimate of drug-likeness (QED) is 0.794. The first kappa shape index (κ1) is 13.4. The maximum atomic E-state index is 5.84. The minimum absolute atomic E-state index is 0.544. The first-order chi connectivity index (χ1) is 7.61. The zero-order chi connectivity index (χ0) is 12.0. The van der Waals surface area contributed by atoms with Crippen molar-refractivity contribution < 1.29 is 0 Å². The number of thiocarbonyl (C=S) groups is 1. The van der Waals surface area contributed by atoms with Gasteiger partial charge < -0.3 is 5.73 Å². The summed E-state index contributed by atoms with van der Waals surface area (Å²) in [5.41, 5.74) is 6.80. The highest BCUT2D eigenvalue weighted by Gasteiger charge is 2.06. The zero-order valence-corrected chi connectivity index (χ0v) is 11.0. The van der Waals surface area contributed by atoms with Gasteiger partial charge in [0.05, 0.1) is 4.99 Å². The fourth-order valence-electron chi connectivity index (χ4n) is 1.60. The molecule has 88 valence electrons. The van der Waals surface area contributed by atoms with Crippen molar-refractivity contribution in [2.75, 3.05) is 13.1 Å². The second-order valence-electron chi connectivity index (χ2n) is 3.80. The van der Waals surface area contributed by atoms with Crippen LogP contribution in [0.2, 0.25) is 5.02 Å². The molecule has 1 aromatic rings. The molecule has 0 bridgehead atoms. The summed E-state index contributed by atoms with van der Waals surface area (Å²) >= 11 is 10.8. The van der Waals surface area contributed by atoms with Crippen molar-refractivity contribution in [2.24, 2.45) is 5.73 Å². The third kappa shape index (κ3) is 4.92. The van der Waals surface area contributed by atoms with Crippen molar-refractivity contribution in [2.45, 2.75) is 19.9 Å². The Labute approximate surface area is 107 Å². The average molecular weight is 257 g/mol. The van der Waals surface area contributed by atoms with E-state index in [-0.39, 0.29) is 0 Å². The van der Waals surface area contributed by atoms with Gasteiger partial charge in [-0.25, -0.2) is 0 Å². The Kier molecular flexibility index (Phi) is 5.74. The highest BCUT2D eigenvalue weighted by molar-refractivity contribution is 7.80. The summed E-state index contributed by atoms with van der Waals surface area (Å²) in [6.45, 7) is 4.68. The first-order valence-corrected chi connectivity index (χ1v) is 6.15. The first-order valence-electron chi connectivity index (χ1n) is 5.37. The van der Waals surface area contributed by atoms with Crippen LogP contribution in [0.3, 0.4) is 0 Å². The van der Waals surface area contributed by atoms with E-state index in [2.05, 4.69) is 11.8 Å². The minimum atomic E-state index is 0.544. The molecule has 0 heterocycles. The van der Waals surface area contributed by atoms with Gasteiger partial charge in [0.25, 0.3) is 0 Å². The lowest BCUT2D eigenvalue weighted by atomic mass is 10.2. The Morgan fingerprint density at radius 2 is 2.00 bits per heavy atom. The molecule has 0 spiro atoms. The summed E-state index contributed by atoms with van der Waals surface area (Å²) in [5, 5.41) is 0.764. The summed E-state index contributed by atoms with van der Waals surface area (Å²) in [6.07, 6.45) is 1.09. The molecule has 0 aliphatic heterocycles. The van der Waals surface area contributed by atoms with E-state index in [0.29, 0.717) is 11.5 Å². The number of halogens is 1. The van der Waals surface area contributed by atoms with Gasteiger partial charge in [0, 0.05) is 18.1 Å². The van der Waals surface area contributed by atoms with E-state index >= 15 is 0 Å². The van der Waals surface area contributed by atoms with Gasteiger partial charge in [-0.15, -0.1) is 0 Å². The van der Waals surface area contributed by atoms with Crippen molar-refractivity contribution in [1.29, 1.82) is 0 Å². The molecule has 1 rings (SSSR count). The Balaban J connectivity index is 2.59. The summed E-state index contributed by atoms with van der Waals surface area (Å²) < 4.78 is 0. The van der Waals surface area contributed by atoms with Gasteiger partial charge in [0.2, 0.25) is 0 Å². The van der Waals surface area contributed by atoms with Crippen LogP contribution in [0.25, 0.3) is 0 Å². The predicted molar refractivity (Wildman–Crippen MR) is 73.8 cm³/mol. The van der Waals surface area contributed by atoms with Crippen molar-refractivity contribution >= 4 is 28.8 Å². The summed E-state index contributed by atoms with van der Waals surface area (Å²) in [4.78, 5) is 2.79. The Morgan fingerprint density at radius 1 is 1.38 bits per heavy atom. The van der Waals surface area contributed by atoms with E-state index in [1.54, 1.807) is 0 Å². The number of benzene rings is 1. The van der Waals surface area contributed by atoms with Crippen LogP contribution in [0.15, 0.2) is 24.3 Å². The van der Waals surface area contributed by atoms with Crippen LogP contribution in [-0.4, -0.2) is 23.0 Å². The van der Waals surface area contributed by atoms with E-state index in [9.17, 15) is 0 Å². The van der Waals surface area contributed by atoms with Crippen molar-refractivity contribution in [3.63, 3.8) is 0 Å². The zero-order valence-electron chi connectivity index (χ0n) is 9.45. The molecular weight excluding hydrogens is 240 g/mol. The van der Waals surface area contributed by atoms with Crippen molar-refractivity contribution in [3.8, 4) is 0 Å². The molecule has 0 aliphatic rings. The van der Waals surface area contributed by atoms with E-state index in [0.717, 1.165) is 24.5 Å². The van der Waals surface area contributed by atoms with Crippen LogP contribution in [-0.2, 0) is 6.54 Å². The molecule has 0 radical (unpaired) electrons. The lowest BCUT2D eigenvalue weighted by molar-refractivity contribution is 0.304. The van der Waals surface area contributed by atoms with E-state index in [4.69, 9.17) is 29.6 Å². The molecule has 16 heavy (non-hydrogen) atoms. The van der Waals surface area contributed by atoms with Crippen LogP contribution in [0.5, 0.6) is 0 Å². The molecule has 0 amide bonds. The Hall–Kier alpha value is -0.640. The van der Waals surface area contributed by atoms with Gasteiger partial charge in [-0.1, -0.05) is 42.9 Å². The third-order valence-corrected chi connectivity index (χ3v) is 2.62.